The maximum atomic E-state index is 13.1. The Hall–Kier alpha value is -3.22. The van der Waals surface area contributed by atoms with Gasteiger partial charge in [0.2, 0.25) is 6.79 Å². The van der Waals surface area contributed by atoms with E-state index in [1.54, 1.807) is 25.1 Å². The van der Waals surface area contributed by atoms with Gasteiger partial charge in [0.05, 0.1) is 12.6 Å². The van der Waals surface area contributed by atoms with E-state index in [9.17, 15) is 9.59 Å². The molecular formula is C21H22N2O5. The van der Waals surface area contributed by atoms with Crippen LogP contribution >= 0.6 is 0 Å². The molecule has 4 rings (SSSR count). The summed E-state index contributed by atoms with van der Waals surface area (Å²) in [5.41, 5.74) is 0.301. The van der Waals surface area contributed by atoms with Crippen LogP contribution in [-0.2, 0) is 16.9 Å². The highest BCUT2D eigenvalue weighted by molar-refractivity contribution is 6.07. The third-order valence-corrected chi connectivity index (χ3v) is 4.84. The monoisotopic (exact) mass is 382 g/mol. The van der Waals surface area contributed by atoms with E-state index in [-0.39, 0.29) is 25.3 Å². The molecule has 1 N–H and O–H groups in total. The van der Waals surface area contributed by atoms with E-state index >= 15 is 0 Å². The van der Waals surface area contributed by atoms with E-state index in [4.69, 9.17) is 14.2 Å². The van der Waals surface area contributed by atoms with Crippen molar-refractivity contribution in [3.8, 4) is 17.2 Å². The minimum Gasteiger partial charge on any atom is -0.491 e. The third-order valence-electron chi connectivity index (χ3n) is 4.84. The van der Waals surface area contributed by atoms with Gasteiger partial charge < -0.3 is 19.5 Å². The highest BCUT2D eigenvalue weighted by Crippen LogP contribution is 2.38. The van der Waals surface area contributed by atoms with Gasteiger partial charge in [0.1, 0.15) is 11.3 Å². The number of nitrogens with one attached hydrogen (secondary N) is 1. The molecule has 7 nitrogen and oxygen atoms in total. The number of urea groups is 1. The number of amides is 3. The van der Waals surface area contributed by atoms with E-state index in [1.165, 1.54) is 4.90 Å². The second-order valence-electron chi connectivity index (χ2n) is 7.33. The SMILES string of the molecule is CC(C)Oc1cccc(CN2C(=O)NC(C)(c3ccc4c(c3)OCO4)C2=O)c1. The normalized spacial score (nSPS) is 20.6. The van der Waals surface area contributed by atoms with Crippen molar-refractivity contribution in [3.05, 3.63) is 53.6 Å². The predicted octanol–water partition coefficient (Wildman–Crippen LogP) is 3.17. The molecule has 0 bridgehead atoms. The zero-order valence-corrected chi connectivity index (χ0v) is 16.0. The summed E-state index contributed by atoms with van der Waals surface area (Å²) in [6.07, 6.45) is 0.0428. The minimum atomic E-state index is -1.16. The van der Waals surface area contributed by atoms with Crippen molar-refractivity contribution in [2.24, 2.45) is 0 Å². The fourth-order valence-corrected chi connectivity index (χ4v) is 3.42. The molecule has 1 unspecified atom stereocenters. The highest BCUT2D eigenvalue weighted by atomic mass is 16.7. The van der Waals surface area contributed by atoms with Gasteiger partial charge >= 0.3 is 6.03 Å². The Labute approximate surface area is 163 Å². The topological polar surface area (TPSA) is 77.1 Å². The number of benzene rings is 2. The molecule has 2 aliphatic rings. The fraction of sp³-hybridized carbons (Fsp3) is 0.333. The molecular weight excluding hydrogens is 360 g/mol. The summed E-state index contributed by atoms with van der Waals surface area (Å²) >= 11 is 0. The van der Waals surface area contributed by atoms with Crippen LogP contribution in [0.4, 0.5) is 4.79 Å². The number of hydrogen-bond donors (Lipinski definition) is 1. The Balaban J connectivity index is 1.57. The second-order valence-corrected chi connectivity index (χ2v) is 7.33. The smallest absolute Gasteiger partial charge is 0.325 e. The van der Waals surface area contributed by atoms with Crippen LogP contribution in [0.5, 0.6) is 17.2 Å². The first-order chi connectivity index (χ1) is 13.4. The summed E-state index contributed by atoms with van der Waals surface area (Å²) < 4.78 is 16.4. The fourth-order valence-electron chi connectivity index (χ4n) is 3.42. The van der Waals surface area contributed by atoms with Crippen molar-refractivity contribution in [2.75, 3.05) is 6.79 Å². The standard InChI is InChI=1S/C21H22N2O5/c1-13(2)28-16-6-4-5-14(9-16)11-23-19(24)21(3,22-20(23)25)15-7-8-17-18(10-15)27-12-26-17/h4-10,13H,11-12H2,1-3H3,(H,22,25). The number of carbonyl (C=O) groups excluding carboxylic acids is 2. The first-order valence-corrected chi connectivity index (χ1v) is 9.16. The Morgan fingerprint density at radius 1 is 1.14 bits per heavy atom. The molecule has 2 aromatic rings. The number of ether oxygens (including phenoxy) is 3. The van der Waals surface area contributed by atoms with Gasteiger partial charge in [0, 0.05) is 0 Å². The molecule has 3 amide bonds. The number of fused-ring (bicyclic) bond motifs is 1. The number of nitrogens with zero attached hydrogens (tertiary/aromatic N) is 1. The first-order valence-electron chi connectivity index (χ1n) is 9.16. The molecule has 2 aliphatic heterocycles. The number of rotatable bonds is 5. The summed E-state index contributed by atoms with van der Waals surface area (Å²) in [6.45, 7) is 5.90. The van der Waals surface area contributed by atoms with Crippen LogP contribution < -0.4 is 19.5 Å². The van der Waals surface area contributed by atoms with E-state index < -0.39 is 11.6 Å². The van der Waals surface area contributed by atoms with Crippen molar-refractivity contribution >= 4 is 11.9 Å². The Bertz CT molecular complexity index is 942. The van der Waals surface area contributed by atoms with E-state index in [0.29, 0.717) is 22.8 Å². The molecule has 0 aromatic heterocycles. The maximum absolute atomic E-state index is 13.1. The molecule has 0 aliphatic carbocycles. The zero-order valence-electron chi connectivity index (χ0n) is 16.0. The molecule has 1 saturated heterocycles. The Morgan fingerprint density at radius 3 is 2.71 bits per heavy atom. The predicted molar refractivity (Wildman–Crippen MR) is 101 cm³/mol. The third kappa shape index (κ3) is 3.13. The van der Waals surface area contributed by atoms with Gasteiger partial charge in [0.15, 0.2) is 11.5 Å². The lowest BCUT2D eigenvalue weighted by atomic mass is 9.91. The largest absolute Gasteiger partial charge is 0.491 e. The zero-order chi connectivity index (χ0) is 19.9. The van der Waals surface area contributed by atoms with Crippen LogP contribution in [0, 0.1) is 0 Å². The van der Waals surface area contributed by atoms with Gasteiger partial charge in [-0.3, -0.25) is 9.69 Å². The van der Waals surface area contributed by atoms with Gasteiger partial charge in [-0.05, 0) is 56.2 Å². The Kier molecular flexibility index (Phi) is 4.37. The lowest BCUT2D eigenvalue weighted by Crippen LogP contribution is -2.40. The van der Waals surface area contributed by atoms with Crippen LogP contribution in [0.3, 0.4) is 0 Å². The summed E-state index contributed by atoms with van der Waals surface area (Å²) in [5, 5.41) is 2.81. The quantitative estimate of drug-likeness (QED) is 0.804. The highest BCUT2D eigenvalue weighted by Gasteiger charge is 2.49. The average Bonchev–Trinajstić information content (AvgIpc) is 3.20. The van der Waals surface area contributed by atoms with Crippen molar-refractivity contribution in [1.82, 2.24) is 10.2 Å². The summed E-state index contributed by atoms with van der Waals surface area (Å²) in [7, 11) is 0. The Morgan fingerprint density at radius 2 is 1.93 bits per heavy atom. The lowest BCUT2D eigenvalue weighted by Gasteiger charge is -2.22. The van der Waals surface area contributed by atoms with Gasteiger partial charge in [0.25, 0.3) is 5.91 Å². The van der Waals surface area contributed by atoms with Crippen LogP contribution in [0.25, 0.3) is 0 Å². The molecule has 2 aromatic carbocycles. The molecule has 1 fully saturated rings. The van der Waals surface area contributed by atoms with Crippen molar-refractivity contribution in [2.45, 2.75) is 39.0 Å². The van der Waals surface area contributed by atoms with Gasteiger partial charge in [-0.15, -0.1) is 0 Å². The number of carbonyl (C=O) groups is 2. The molecule has 0 radical (unpaired) electrons. The molecule has 7 heteroatoms. The van der Waals surface area contributed by atoms with Crippen molar-refractivity contribution in [3.63, 3.8) is 0 Å². The van der Waals surface area contributed by atoms with Crippen molar-refractivity contribution < 1.29 is 23.8 Å². The van der Waals surface area contributed by atoms with Crippen molar-refractivity contribution in [1.29, 1.82) is 0 Å². The first kappa shape index (κ1) is 18.2. The number of hydrogen-bond acceptors (Lipinski definition) is 5. The molecule has 0 saturated carbocycles. The molecule has 28 heavy (non-hydrogen) atoms. The van der Waals surface area contributed by atoms with Crippen LogP contribution in [-0.4, -0.2) is 29.7 Å². The van der Waals surface area contributed by atoms with Crippen LogP contribution in [0.1, 0.15) is 31.9 Å². The molecule has 2 heterocycles. The van der Waals surface area contributed by atoms with Gasteiger partial charge in [-0.1, -0.05) is 18.2 Å². The van der Waals surface area contributed by atoms with E-state index in [2.05, 4.69) is 5.32 Å². The minimum absolute atomic E-state index is 0.0428. The molecule has 1 atom stereocenters. The van der Waals surface area contributed by atoms with Crippen LogP contribution in [0.15, 0.2) is 42.5 Å². The van der Waals surface area contributed by atoms with E-state index in [1.807, 2.05) is 38.1 Å². The molecule has 146 valence electrons. The summed E-state index contributed by atoms with van der Waals surface area (Å²) in [4.78, 5) is 26.9. The maximum Gasteiger partial charge on any atom is 0.325 e. The molecule has 0 spiro atoms. The lowest BCUT2D eigenvalue weighted by molar-refractivity contribution is -0.131. The summed E-state index contributed by atoms with van der Waals surface area (Å²) in [6, 6.07) is 12.2. The van der Waals surface area contributed by atoms with Gasteiger partial charge in [-0.2, -0.15) is 0 Å². The second kappa shape index (κ2) is 6.74. The van der Waals surface area contributed by atoms with Gasteiger partial charge in [-0.25, -0.2) is 4.79 Å². The summed E-state index contributed by atoms with van der Waals surface area (Å²) in [5.74, 6) is 1.59. The van der Waals surface area contributed by atoms with E-state index in [0.717, 1.165) is 5.56 Å². The van der Waals surface area contributed by atoms with Crippen LogP contribution in [0.2, 0.25) is 0 Å². The number of imide groups is 1. The average molecular weight is 382 g/mol.